The second-order valence-electron chi connectivity index (χ2n) is 6.46. The average molecular weight is 499 g/mol. The van der Waals surface area contributed by atoms with Crippen LogP contribution in [0.2, 0.25) is 5.02 Å². The molecular weight excluding hydrogens is 482 g/mol. The normalized spacial score (nSPS) is 11.0. The summed E-state index contributed by atoms with van der Waals surface area (Å²) in [5, 5.41) is 19.3. The van der Waals surface area contributed by atoms with Crippen LogP contribution in [0.1, 0.15) is 27.0 Å². The number of ether oxygens (including phenoxy) is 2. The minimum Gasteiger partial charge on any atom is -0.493 e. The predicted molar refractivity (Wildman–Crippen MR) is 123 cm³/mol. The molecule has 0 aromatic heterocycles. The van der Waals surface area contributed by atoms with E-state index in [1.807, 2.05) is 18.2 Å². The van der Waals surface area contributed by atoms with E-state index in [1.165, 1.54) is 19.2 Å². The summed E-state index contributed by atoms with van der Waals surface area (Å²) in [5.74, 6) is 0.00433. The second kappa shape index (κ2) is 10.2. The Hall–Kier alpha value is -3.27. The molecule has 7 heteroatoms. The number of carbonyl (C=O) groups is 1. The number of carboxylic acid groups (broad SMARTS) is 1. The predicted octanol–water partition coefficient (Wildman–Crippen LogP) is 6.45. The van der Waals surface area contributed by atoms with Crippen LogP contribution >= 0.6 is 27.5 Å². The molecule has 1 N–H and O–H groups in total. The zero-order valence-corrected chi connectivity index (χ0v) is 18.8. The molecule has 0 radical (unpaired) electrons. The molecule has 0 aliphatic carbocycles. The van der Waals surface area contributed by atoms with Crippen molar-refractivity contribution in [2.75, 3.05) is 7.11 Å². The highest BCUT2D eigenvalue weighted by molar-refractivity contribution is 9.10. The number of allylic oxidation sites excluding steroid dienone is 1. The molecule has 0 atom stereocenters. The molecule has 0 spiro atoms. The van der Waals surface area contributed by atoms with Crippen molar-refractivity contribution < 1.29 is 19.4 Å². The summed E-state index contributed by atoms with van der Waals surface area (Å²) >= 11 is 9.71. The van der Waals surface area contributed by atoms with Gasteiger partial charge >= 0.3 is 5.97 Å². The second-order valence-corrected chi connectivity index (χ2v) is 7.72. The largest absolute Gasteiger partial charge is 0.493 e. The fourth-order valence-electron chi connectivity index (χ4n) is 2.83. The number of nitrogens with zero attached hydrogens (tertiary/aromatic N) is 1. The quantitative estimate of drug-likeness (QED) is 0.299. The van der Waals surface area contributed by atoms with Gasteiger partial charge in [0.05, 0.1) is 24.3 Å². The highest BCUT2D eigenvalue weighted by atomic mass is 79.9. The first-order chi connectivity index (χ1) is 14.9. The van der Waals surface area contributed by atoms with Gasteiger partial charge in [-0.25, -0.2) is 4.79 Å². The molecular formula is C24H17BrClNO4. The number of rotatable bonds is 7. The lowest BCUT2D eigenvalue weighted by Crippen LogP contribution is -1.99. The Balaban J connectivity index is 1.90. The summed E-state index contributed by atoms with van der Waals surface area (Å²) in [7, 11) is 1.54. The van der Waals surface area contributed by atoms with Gasteiger partial charge in [0.15, 0.2) is 11.5 Å². The van der Waals surface area contributed by atoms with Gasteiger partial charge in [0.2, 0.25) is 0 Å². The molecule has 0 unspecified atom stereocenters. The first kappa shape index (κ1) is 22.4. The van der Waals surface area contributed by atoms with Crippen molar-refractivity contribution in [2.45, 2.75) is 6.61 Å². The average Bonchev–Trinajstić information content (AvgIpc) is 2.78. The van der Waals surface area contributed by atoms with E-state index >= 15 is 0 Å². The molecule has 3 aromatic carbocycles. The number of methoxy groups -OCH3 is 1. The maximum atomic E-state index is 11.0. The monoisotopic (exact) mass is 497 g/mol. The van der Waals surface area contributed by atoms with Gasteiger partial charge < -0.3 is 14.6 Å². The topological polar surface area (TPSA) is 79.5 Å². The Morgan fingerprint density at radius 3 is 2.42 bits per heavy atom. The third-order valence-corrected chi connectivity index (χ3v) is 5.54. The summed E-state index contributed by atoms with van der Waals surface area (Å²) in [6.07, 6.45) is 1.69. The van der Waals surface area contributed by atoms with E-state index in [0.29, 0.717) is 37.7 Å². The number of hydrogen-bond acceptors (Lipinski definition) is 4. The van der Waals surface area contributed by atoms with Gasteiger partial charge in [-0.2, -0.15) is 5.26 Å². The van der Waals surface area contributed by atoms with E-state index in [2.05, 4.69) is 22.0 Å². The standard InChI is InChI=1S/C24H17BrClNO4/c1-30-22-11-18(10-19(13-27)15-6-8-16(9-7-15)24(28)29)20(25)12-23(22)31-14-17-4-2-3-5-21(17)26/h2-12H,14H2,1H3,(H,28,29)/b19-10-. The number of aromatic carboxylic acids is 1. The van der Waals surface area contributed by atoms with Crippen LogP contribution in [-0.2, 0) is 6.61 Å². The maximum Gasteiger partial charge on any atom is 0.335 e. The SMILES string of the molecule is COc1cc(/C=C(/C#N)c2ccc(C(=O)O)cc2)c(Br)cc1OCc1ccccc1Cl. The van der Waals surface area contributed by atoms with Crippen molar-refractivity contribution in [2.24, 2.45) is 0 Å². The highest BCUT2D eigenvalue weighted by Crippen LogP contribution is 2.36. The van der Waals surface area contributed by atoms with Gasteiger partial charge in [0.25, 0.3) is 0 Å². The van der Waals surface area contributed by atoms with Crippen molar-refractivity contribution >= 4 is 45.1 Å². The zero-order valence-electron chi connectivity index (χ0n) is 16.4. The van der Waals surface area contributed by atoms with Crippen LogP contribution in [0.15, 0.2) is 65.1 Å². The smallest absolute Gasteiger partial charge is 0.335 e. The van der Waals surface area contributed by atoms with Crippen LogP contribution < -0.4 is 9.47 Å². The molecule has 31 heavy (non-hydrogen) atoms. The van der Waals surface area contributed by atoms with Gasteiger partial charge in [-0.05, 0) is 47.5 Å². The van der Waals surface area contributed by atoms with E-state index in [4.69, 9.17) is 26.2 Å². The third kappa shape index (κ3) is 5.46. The van der Waals surface area contributed by atoms with Gasteiger partial charge in [-0.1, -0.05) is 57.9 Å². The van der Waals surface area contributed by atoms with Gasteiger partial charge in [-0.3, -0.25) is 0 Å². The van der Waals surface area contributed by atoms with Gasteiger partial charge in [0.1, 0.15) is 6.61 Å². The van der Waals surface area contributed by atoms with Crippen LogP contribution in [0.5, 0.6) is 11.5 Å². The summed E-state index contributed by atoms with van der Waals surface area (Å²) in [6.45, 7) is 0.275. The first-order valence-electron chi connectivity index (χ1n) is 9.12. The summed E-state index contributed by atoms with van der Waals surface area (Å²) in [5.41, 5.74) is 2.70. The minimum absolute atomic E-state index is 0.156. The van der Waals surface area contributed by atoms with Crippen molar-refractivity contribution in [3.63, 3.8) is 0 Å². The molecule has 5 nitrogen and oxygen atoms in total. The highest BCUT2D eigenvalue weighted by Gasteiger charge is 2.12. The van der Waals surface area contributed by atoms with E-state index in [0.717, 1.165) is 5.56 Å². The van der Waals surface area contributed by atoms with Crippen LogP contribution in [0, 0.1) is 11.3 Å². The molecule has 3 rings (SSSR count). The molecule has 3 aromatic rings. The minimum atomic E-state index is -1.02. The fourth-order valence-corrected chi connectivity index (χ4v) is 3.46. The van der Waals surface area contributed by atoms with Gasteiger partial charge in [0, 0.05) is 15.1 Å². The van der Waals surface area contributed by atoms with Crippen LogP contribution in [0.3, 0.4) is 0 Å². The summed E-state index contributed by atoms with van der Waals surface area (Å²) in [6, 6.07) is 19.2. The van der Waals surface area contributed by atoms with E-state index in [-0.39, 0.29) is 12.2 Å². The Kier molecular flexibility index (Phi) is 7.35. The molecule has 0 saturated heterocycles. The lowest BCUT2D eigenvalue weighted by molar-refractivity contribution is 0.0697. The molecule has 0 bridgehead atoms. The van der Waals surface area contributed by atoms with Crippen LogP contribution in [0.4, 0.5) is 0 Å². The van der Waals surface area contributed by atoms with Crippen LogP contribution in [0.25, 0.3) is 11.6 Å². The number of halogens is 2. The molecule has 0 fully saturated rings. The van der Waals surface area contributed by atoms with E-state index < -0.39 is 5.97 Å². The molecule has 0 saturated carbocycles. The molecule has 0 aliphatic heterocycles. The Bertz CT molecular complexity index is 1180. The van der Waals surface area contributed by atoms with Crippen molar-refractivity contribution in [1.29, 1.82) is 5.26 Å². The molecule has 0 aliphatic rings. The number of hydrogen-bond donors (Lipinski definition) is 1. The Morgan fingerprint density at radius 1 is 1.13 bits per heavy atom. The number of benzene rings is 3. The summed E-state index contributed by atoms with van der Waals surface area (Å²) < 4.78 is 12.1. The zero-order chi connectivity index (χ0) is 22.4. The van der Waals surface area contributed by atoms with Crippen molar-refractivity contribution in [3.8, 4) is 17.6 Å². The van der Waals surface area contributed by atoms with E-state index in [9.17, 15) is 10.1 Å². The Labute approximate surface area is 193 Å². The third-order valence-electron chi connectivity index (χ3n) is 4.49. The lowest BCUT2D eigenvalue weighted by atomic mass is 10.0. The number of carboxylic acids is 1. The Morgan fingerprint density at radius 2 is 1.81 bits per heavy atom. The molecule has 156 valence electrons. The number of nitriles is 1. The molecule has 0 amide bonds. The van der Waals surface area contributed by atoms with E-state index in [1.54, 1.807) is 36.4 Å². The van der Waals surface area contributed by atoms with Gasteiger partial charge in [-0.15, -0.1) is 0 Å². The fraction of sp³-hybridized carbons (Fsp3) is 0.0833. The molecule has 0 heterocycles. The maximum absolute atomic E-state index is 11.0. The van der Waals surface area contributed by atoms with Crippen LogP contribution in [-0.4, -0.2) is 18.2 Å². The van der Waals surface area contributed by atoms with Crippen molar-refractivity contribution in [1.82, 2.24) is 0 Å². The summed E-state index contributed by atoms with van der Waals surface area (Å²) in [4.78, 5) is 11.0. The van der Waals surface area contributed by atoms with Crippen molar-refractivity contribution in [3.05, 3.63) is 92.4 Å². The lowest BCUT2D eigenvalue weighted by Gasteiger charge is -2.14. The first-order valence-corrected chi connectivity index (χ1v) is 10.3.